The van der Waals surface area contributed by atoms with Crippen LogP contribution in [0.5, 0.6) is 0 Å². The second-order valence-corrected chi connectivity index (χ2v) is 6.81. The van der Waals surface area contributed by atoms with Crippen LogP contribution in [-0.2, 0) is 11.3 Å². The fourth-order valence-electron chi connectivity index (χ4n) is 2.87. The Morgan fingerprint density at radius 1 is 1.48 bits per heavy atom. The van der Waals surface area contributed by atoms with Crippen molar-refractivity contribution >= 4 is 21.8 Å². The van der Waals surface area contributed by atoms with Gasteiger partial charge in [0.1, 0.15) is 0 Å². The lowest BCUT2D eigenvalue weighted by atomic mass is 10.1. The first-order valence-electron chi connectivity index (χ1n) is 7.42. The van der Waals surface area contributed by atoms with Crippen LogP contribution in [0.2, 0.25) is 0 Å². The Morgan fingerprint density at radius 2 is 2.19 bits per heavy atom. The smallest absolute Gasteiger partial charge is 0.236 e. The number of nitrogens with zero attached hydrogens (tertiary/aromatic N) is 2. The molecule has 2 unspecified atom stereocenters. The van der Waals surface area contributed by atoms with Gasteiger partial charge in [-0.05, 0) is 37.4 Å². The molecule has 116 valence electrons. The molecule has 4 nitrogen and oxygen atoms in total. The molecule has 1 aliphatic heterocycles. The van der Waals surface area contributed by atoms with E-state index in [-0.39, 0.29) is 5.91 Å². The Bertz CT molecular complexity index is 494. The van der Waals surface area contributed by atoms with Crippen molar-refractivity contribution in [2.75, 3.05) is 26.7 Å². The van der Waals surface area contributed by atoms with E-state index in [1.165, 1.54) is 0 Å². The fourth-order valence-corrected chi connectivity index (χ4v) is 3.28. The molecular formula is C16H24BrN3O. The summed E-state index contributed by atoms with van der Waals surface area (Å²) in [7, 11) is 1.86. The van der Waals surface area contributed by atoms with E-state index < -0.39 is 0 Å². The summed E-state index contributed by atoms with van der Waals surface area (Å²) in [6.45, 7) is 4.94. The highest BCUT2D eigenvalue weighted by molar-refractivity contribution is 9.10. The van der Waals surface area contributed by atoms with E-state index in [4.69, 9.17) is 5.73 Å². The van der Waals surface area contributed by atoms with E-state index >= 15 is 0 Å². The molecule has 0 aliphatic carbocycles. The maximum absolute atomic E-state index is 12.4. The minimum atomic E-state index is 0.162. The second-order valence-electron chi connectivity index (χ2n) is 5.96. The molecular weight excluding hydrogens is 330 g/mol. The number of benzene rings is 1. The molecule has 5 heteroatoms. The summed E-state index contributed by atoms with van der Waals surface area (Å²) in [5, 5.41) is 0. The van der Waals surface area contributed by atoms with Crippen LogP contribution in [0.4, 0.5) is 0 Å². The predicted molar refractivity (Wildman–Crippen MR) is 88.8 cm³/mol. The first kappa shape index (κ1) is 16.5. The Hall–Kier alpha value is -0.910. The van der Waals surface area contributed by atoms with E-state index in [0.717, 1.165) is 23.0 Å². The van der Waals surface area contributed by atoms with E-state index in [9.17, 15) is 4.79 Å². The van der Waals surface area contributed by atoms with Crippen molar-refractivity contribution in [2.24, 2.45) is 11.7 Å². The van der Waals surface area contributed by atoms with Gasteiger partial charge < -0.3 is 10.6 Å². The van der Waals surface area contributed by atoms with E-state index in [2.05, 4.69) is 27.8 Å². The van der Waals surface area contributed by atoms with E-state index in [1.807, 2.05) is 31.3 Å². The van der Waals surface area contributed by atoms with Gasteiger partial charge in [0.2, 0.25) is 5.91 Å². The van der Waals surface area contributed by atoms with Crippen LogP contribution >= 0.6 is 15.9 Å². The summed E-state index contributed by atoms with van der Waals surface area (Å²) in [5.74, 6) is 0.691. The van der Waals surface area contributed by atoms with Crippen LogP contribution < -0.4 is 5.73 Å². The molecule has 1 heterocycles. The van der Waals surface area contributed by atoms with Crippen LogP contribution in [0.25, 0.3) is 0 Å². The molecule has 1 aromatic rings. The third kappa shape index (κ3) is 4.28. The molecule has 0 saturated carbocycles. The lowest BCUT2D eigenvalue weighted by Crippen LogP contribution is -2.39. The monoisotopic (exact) mass is 353 g/mol. The van der Waals surface area contributed by atoms with Gasteiger partial charge in [-0.1, -0.05) is 34.1 Å². The topological polar surface area (TPSA) is 49.6 Å². The average Bonchev–Trinajstić information content (AvgIpc) is 2.82. The van der Waals surface area contributed by atoms with E-state index in [0.29, 0.717) is 31.6 Å². The molecule has 1 amide bonds. The van der Waals surface area contributed by atoms with Gasteiger partial charge in [0.25, 0.3) is 0 Å². The molecule has 1 fully saturated rings. The van der Waals surface area contributed by atoms with Crippen molar-refractivity contribution in [3.63, 3.8) is 0 Å². The van der Waals surface area contributed by atoms with Gasteiger partial charge in [-0.2, -0.15) is 0 Å². The molecule has 2 N–H and O–H groups in total. The zero-order valence-electron chi connectivity index (χ0n) is 12.8. The van der Waals surface area contributed by atoms with Crippen molar-refractivity contribution in [1.29, 1.82) is 0 Å². The highest BCUT2D eigenvalue weighted by Gasteiger charge is 2.29. The summed E-state index contributed by atoms with van der Waals surface area (Å²) >= 11 is 3.53. The van der Waals surface area contributed by atoms with Crippen LogP contribution in [0.3, 0.4) is 0 Å². The lowest BCUT2D eigenvalue weighted by molar-refractivity contribution is -0.131. The minimum absolute atomic E-state index is 0.162. The van der Waals surface area contributed by atoms with Crippen molar-refractivity contribution in [3.05, 3.63) is 34.3 Å². The lowest BCUT2D eigenvalue weighted by Gasteiger charge is -2.24. The van der Waals surface area contributed by atoms with Crippen molar-refractivity contribution in [1.82, 2.24) is 9.80 Å². The molecule has 1 aliphatic rings. The molecule has 0 aromatic heterocycles. The SMILES string of the molecule is CC1CC(CN)CN1CC(=O)N(C)Cc1ccccc1Br. The number of hydrogen-bond donors (Lipinski definition) is 1. The first-order valence-corrected chi connectivity index (χ1v) is 8.22. The Labute approximate surface area is 135 Å². The molecule has 0 bridgehead atoms. The predicted octanol–water partition coefficient (Wildman–Crippen LogP) is 2.08. The molecule has 0 radical (unpaired) electrons. The third-order valence-electron chi connectivity index (χ3n) is 4.25. The van der Waals surface area contributed by atoms with Gasteiger partial charge in [-0.15, -0.1) is 0 Å². The average molecular weight is 354 g/mol. The second kappa shape index (κ2) is 7.38. The number of rotatable bonds is 5. The van der Waals surface area contributed by atoms with Crippen LogP contribution in [-0.4, -0.2) is 48.4 Å². The number of nitrogens with two attached hydrogens (primary N) is 1. The summed E-state index contributed by atoms with van der Waals surface area (Å²) < 4.78 is 1.04. The van der Waals surface area contributed by atoms with Gasteiger partial charge >= 0.3 is 0 Å². The summed E-state index contributed by atoms with van der Waals surface area (Å²) in [5.41, 5.74) is 6.87. The molecule has 0 spiro atoms. The summed E-state index contributed by atoms with van der Waals surface area (Å²) in [4.78, 5) is 16.4. The number of hydrogen-bond acceptors (Lipinski definition) is 3. The minimum Gasteiger partial charge on any atom is -0.340 e. The van der Waals surface area contributed by atoms with Crippen LogP contribution in [0.1, 0.15) is 18.9 Å². The maximum Gasteiger partial charge on any atom is 0.236 e. The van der Waals surface area contributed by atoms with Crippen molar-refractivity contribution in [2.45, 2.75) is 25.9 Å². The first-order chi connectivity index (χ1) is 10.0. The highest BCUT2D eigenvalue weighted by Crippen LogP contribution is 2.22. The number of likely N-dealkylation sites (N-methyl/N-ethyl adjacent to an activating group) is 1. The number of likely N-dealkylation sites (tertiary alicyclic amines) is 1. The van der Waals surface area contributed by atoms with E-state index in [1.54, 1.807) is 4.90 Å². The van der Waals surface area contributed by atoms with Crippen molar-refractivity contribution < 1.29 is 4.79 Å². The zero-order chi connectivity index (χ0) is 15.4. The number of carbonyl (C=O) groups excluding carboxylic acids is 1. The Morgan fingerprint density at radius 3 is 2.81 bits per heavy atom. The van der Waals surface area contributed by atoms with Gasteiger partial charge in [-0.25, -0.2) is 0 Å². The normalized spacial score (nSPS) is 22.5. The van der Waals surface area contributed by atoms with Crippen LogP contribution in [0.15, 0.2) is 28.7 Å². The van der Waals surface area contributed by atoms with Crippen molar-refractivity contribution in [3.8, 4) is 0 Å². The maximum atomic E-state index is 12.4. The largest absolute Gasteiger partial charge is 0.340 e. The van der Waals surface area contributed by atoms with Gasteiger partial charge in [0.15, 0.2) is 0 Å². The highest BCUT2D eigenvalue weighted by atomic mass is 79.9. The Balaban J connectivity index is 1.90. The quantitative estimate of drug-likeness (QED) is 0.881. The standard InChI is InChI=1S/C16H24BrN3O/c1-12-7-13(8-18)9-20(12)11-16(21)19(2)10-14-5-3-4-6-15(14)17/h3-6,12-13H,7-11,18H2,1-2H3. The number of carbonyl (C=O) groups is 1. The molecule has 2 rings (SSSR count). The fraction of sp³-hybridized carbons (Fsp3) is 0.562. The molecule has 2 atom stereocenters. The summed E-state index contributed by atoms with van der Waals surface area (Å²) in [6, 6.07) is 8.46. The molecule has 1 aromatic carbocycles. The van der Waals surface area contributed by atoms with Gasteiger partial charge in [0.05, 0.1) is 6.54 Å². The summed E-state index contributed by atoms with van der Waals surface area (Å²) in [6.07, 6.45) is 1.09. The molecule has 21 heavy (non-hydrogen) atoms. The Kier molecular flexibility index (Phi) is 5.79. The van der Waals surface area contributed by atoms with Gasteiger partial charge in [-0.3, -0.25) is 9.69 Å². The number of halogens is 1. The third-order valence-corrected chi connectivity index (χ3v) is 5.03. The zero-order valence-corrected chi connectivity index (χ0v) is 14.3. The van der Waals surface area contributed by atoms with Gasteiger partial charge in [0, 0.05) is 30.7 Å². The van der Waals surface area contributed by atoms with Crippen LogP contribution in [0, 0.1) is 5.92 Å². The molecule has 1 saturated heterocycles. The number of amides is 1.